The maximum Gasteiger partial charge on any atom is 0.191 e. The molecule has 3 aliphatic rings. The number of nitrogens with zero attached hydrogens (tertiary/aromatic N) is 2. The van der Waals surface area contributed by atoms with Gasteiger partial charge in [0.15, 0.2) is 5.96 Å². The van der Waals surface area contributed by atoms with Crippen LogP contribution in [-0.4, -0.2) is 62.3 Å². The minimum atomic E-state index is 0. The highest BCUT2D eigenvalue weighted by Crippen LogP contribution is 2.28. The first-order valence-electron chi connectivity index (χ1n) is 10.2. The fourth-order valence-corrected chi connectivity index (χ4v) is 4.43. The molecule has 6 heteroatoms. The van der Waals surface area contributed by atoms with E-state index >= 15 is 0 Å². The summed E-state index contributed by atoms with van der Waals surface area (Å²) in [6.07, 6.45) is 11.3. The van der Waals surface area contributed by atoms with E-state index in [-0.39, 0.29) is 30.1 Å². The van der Waals surface area contributed by atoms with Crippen molar-refractivity contribution in [3.63, 3.8) is 0 Å². The lowest BCUT2D eigenvalue weighted by atomic mass is 10.0. The molecule has 3 rings (SSSR count). The van der Waals surface area contributed by atoms with E-state index in [2.05, 4.69) is 22.5 Å². The molecule has 0 amide bonds. The number of aliphatic imine (C=N–C) groups is 1. The van der Waals surface area contributed by atoms with Gasteiger partial charge in [0.2, 0.25) is 0 Å². The molecule has 0 radical (unpaired) electrons. The molecule has 2 saturated heterocycles. The number of hydrogen-bond donors (Lipinski definition) is 2. The third kappa shape index (κ3) is 6.86. The van der Waals surface area contributed by atoms with Crippen molar-refractivity contribution >= 4 is 29.9 Å². The molecule has 146 valence electrons. The summed E-state index contributed by atoms with van der Waals surface area (Å²) in [4.78, 5) is 7.35. The van der Waals surface area contributed by atoms with E-state index in [0.29, 0.717) is 6.04 Å². The normalized spacial score (nSPS) is 27.8. The van der Waals surface area contributed by atoms with E-state index in [0.717, 1.165) is 44.7 Å². The summed E-state index contributed by atoms with van der Waals surface area (Å²) in [5, 5.41) is 6.87. The number of morpholine rings is 1. The molecule has 1 saturated carbocycles. The average molecular weight is 464 g/mol. The first kappa shape index (κ1) is 21.2. The van der Waals surface area contributed by atoms with Crippen molar-refractivity contribution in [1.82, 2.24) is 15.5 Å². The van der Waals surface area contributed by atoms with Crippen LogP contribution < -0.4 is 10.6 Å². The lowest BCUT2D eigenvalue weighted by Gasteiger charge is -2.34. The van der Waals surface area contributed by atoms with Gasteiger partial charge in [-0.15, -0.1) is 24.0 Å². The molecule has 0 spiro atoms. The third-order valence-electron chi connectivity index (χ3n) is 5.82. The summed E-state index contributed by atoms with van der Waals surface area (Å²) in [7, 11) is 0. The van der Waals surface area contributed by atoms with Gasteiger partial charge < -0.3 is 15.4 Å². The maximum atomic E-state index is 6.01. The molecule has 1 aliphatic carbocycles. The molecule has 2 N–H and O–H groups in total. The first-order chi connectivity index (χ1) is 11.8. The Morgan fingerprint density at radius 1 is 1.16 bits per heavy atom. The van der Waals surface area contributed by atoms with Gasteiger partial charge in [-0.05, 0) is 45.1 Å². The zero-order valence-electron chi connectivity index (χ0n) is 15.8. The lowest BCUT2D eigenvalue weighted by molar-refractivity contribution is -0.0432. The lowest BCUT2D eigenvalue weighted by Crippen LogP contribution is -2.47. The first-order valence-corrected chi connectivity index (χ1v) is 10.2. The largest absolute Gasteiger partial charge is 0.373 e. The van der Waals surface area contributed by atoms with Gasteiger partial charge in [-0.2, -0.15) is 0 Å². The number of fused-ring (bicyclic) bond motifs is 1. The molecule has 2 aliphatic heterocycles. The van der Waals surface area contributed by atoms with E-state index in [4.69, 9.17) is 9.73 Å². The number of hydrogen-bond acceptors (Lipinski definition) is 3. The van der Waals surface area contributed by atoms with Crippen LogP contribution in [0.25, 0.3) is 0 Å². The van der Waals surface area contributed by atoms with E-state index < -0.39 is 0 Å². The van der Waals surface area contributed by atoms with Crippen molar-refractivity contribution in [2.75, 3.05) is 39.3 Å². The Labute approximate surface area is 170 Å². The number of nitrogens with one attached hydrogen (secondary N) is 2. The van der Waals surface area contributed by atoms with Gasteiger partial charge in [0.1, 0.15) is 0 Å². The Kier molecular flexibility index (Phi) is 9.84. The minimum absolute atomic E-state index is 0. The molecular weight excluding hydrogens is 427 g/mol. The Balaban J connectivity index is 0.00000225. The van der Waals surface area contributed by atoms with E-state index in [1.807, 2.05) is 0 Å². The second kappa shape index (κ2) is 11.6. The van der Waals surface area contributed by atoms with Gasteiger partial charge >= 0.3 is 0 Å². The zero-order chi connectivity index (χ0) is 16.6. The SMILES string of the molecule is CCNC(=NCC1CN2CCCC2CO1)NCCCC1CCCC1.I. The number of guanidine groups is 1. The highest BCUT2D eigenvalue weighted by molar-refractivity contribution is 14.0. The van der Waals surface area contributed by atoms with Crippen LogP contribution in [0.3, 0.4) is 0 Å². The van der Waals surface area contributed by atoms with Crippen molar-refractivity contribution in [1.29, 1.82) is 0 Å². The molecule has 2 atom stereocenters. The van der Waals surface area contributed by atoms with E-state index in [9.17, 15) is 0 Å². The van der Waals surface area contributed by atoms with Crippen LogP contribution in [0.1, 0.15) is 58.3 Å². The van der Waals surface area contributed by atoms with Crippen LogP contribution in [0.5, 0.6) is 0 Å². The third-order valence-corrected chi connectivity index (χ3v) is 5.82. The zero-order valence-corrected chi connectivity index (χ0v) is 18.2. The monoisotopic (exact) mass is 464 g/mol. The van der Waals surface area contributed by atoms with Crippen molar-refractivity contribution in [3.05, 3.63) is 0 Å². The van der Waals surface area contributed by atoms with Crippen LogP contribution >= 0.6 is 24.0 Å². The minimum Gasteiger partial charge on any atom is -0.373 e. The van der Waals surface area contributed by atoms with Crippen molar-refractivity contribution in [2.45, 2.75) is 70.4 Å². The quantitative estimate of drug-likeness (QED) is 0.263. The number of rotatable bonds is 7. The maximum absolute atomic E-state index is 6.01. The Morgan fingerprint density at radius 2 is 2.00 bits per heavy atom. The fourth-order valence-electron chi connectivity index (χ4n) is 4.43. The molecule has 2 heterocycles. The van der Waals surface area contributed by atoms with Crippen LogP contribution in [0.15, 0.2) is 4.99 Å². The summed E-state index contributed by atoms with van der Waals surface area (Å²) in [5.41, 5.74) is 0. The van der Waals surface area contributed by atoms with Crippen LogP contribution in [0.2, 0.25) is 0 Å². The molecule has 0 aromatic rings. The smallest absolute Gasteiger partial charge is 0.191 e. The van der Waals surface area contributed by atoms with Crippen molar-refractivity contribution < 1.29 is 4.74 Å². The molecule has 25 heavy (non-hydrogen) atoms. The van der Waals surface area contributed by atoms with E-state index in [1.54, 1.807) is 0 Å². The summed E-state index contributed by atoms with van der Waals surface area (Å²) in [6.45, 7) is 8.02. The Hall–Kier alpha value is -0.0800. The van der Waals surface area contributed by atoms with Crippen molar-refractivity contribution in [3.8, 4) is 0 Å². The number of halogens is 1. The van der Waals surface area contributed by atoms with Crippen LogP contribution in [0.4, 0.5) is 0 Å². The highest BCUT2D eigenvalue weighted by atomic mass is 127. The molecule has 0 bridgehead atoms. The second-order valence-electron chi connectivity index (χ2n) is 7.69. The fraction of sp³-hybridized carbons (Fsp3) is 0.947. The standard InChI is InChI=1S/C19H36N4O.HI/c1-2-20-19(21-11-5-9-16-7-3-4-8-16)22-13-18-14-23-12-6-10-17(23)15-24-18;/h16-18H,2-15H2,1H3,(H2,20,21,22);1H. The molecule has 5 nitrogen and oxygen atoms in total. The van der Waals surface area contributed by atoms with Gasteiger partial charge in [-0.3, -0.25) is 9.89 Å². The van der Waals surface area contributed by atoms with Crippen molar-refractivity contribution in [2.24, 2.45) is 10.9 Å². The predicted molar refractivity (Wildman–Crippen MR) is 115 cm³/mol. The van der Waals surface area contributed by atoms with E-state index in [1.165, 1.54) is 57.9 Å². The molecule has 3 fully saturated rings. The Bertz CT molecular complexity index is 401. The summed E-state index contributed by atoms with van der Waals surface area (Å²) >= 11 is 0. The summed E-state index contributed by atoms with van der Waals surface area (Å²) < 4.78 is 6.01. The molecule has 0 aromatic carbocycles. The highest BCUT2D eigenvalue weighted by Gasteiger charge is 2.31. The van der Waals surface area contributed by atoms with Crippen LogP contribution in [0, 0.1) is 5.92 Å². The van der Waals surface area contributed by atoms with Gasteiger partial charge in [0.25, 0.3) is 0 Å². The van der Waals surface area contributed by atoms with Gasteiger partial charge in [-0.25, -0.2) is 0 Å². The molecular formula is C19H37IN4O. The van der Waals surface area contributed by atoms with Gasteiger partial charge in [-0.1, -0.05) is 25.7 Å². The summed E-state index contributed by atoms with van der Waals surface area (Å²) in [5.74, 6) is 1.94. The average Bonchev–Trinajstić information content (AvgIpc) is 3.27. The summed E-state index contributed by atoms with van der Waals surface area (Å²) in [6, 6.07) is 0.673. The van der Waals surface area contributed by atoms with Gasteiger partial charge in [0, 0.05) is 25.7 Å². The van der Waals surface area contributed by atoms with Gasteiger partial charge in [0.05, 0.1) is 19.3 Å². The Morgan fingerprint density at radius 3 is 2.80 bits per heavy atom. The van der Waals surface area contributed by atoms with Crippen LogP contribution in [-0.2, 0) is 4.74 Å². The predicted octanol–water partition coefficient (Wildman–Crippen LogP) is 2.99. The number of ether oxygens (including phenoxy) is 1. The topological polar surface area (TPSA) is 48.9 Å². The molecule has 2 unspecified atom stereocenters. The second-order valence-corrected chi connectivity index (χ2v) is 7.69. The molecule has 0 aromatic heterocycles.